The van der Waals surface area contributed by atoms with E-state index in [4.69, 9.17) is 0 Å². The fourth-order valence-electron chi connectivity index (χ4n) is 2.47. The van der Waals surface area contributed by atoms with E-state index in [9.17, 15) is 4.79 Å². The molecule has 1 aliphatic carbocycles. The molecular weight excluding hydrogens is 226 g/mol. The minimum Gasteiger partial charge on any atom is -0.360 e. The van der Waals surface area contributed by atoms with Crippen molar-refractivity contribution in [3.63, 3.8) is 0 Å². The molecule has 1 saturated carbocycles. The Labute approximate surface area is 108 Å². The average molecular weight is 247 g/mol. The van der Waals surface area contributed by atoms with Gasteiger partial charge in [0.25, 0.3) is 0 Å². The Morgan fingerprint density at radius 2 is 2.28 bits per heavy atom. The lowest BCUT2D eigenvalue weighted by Gasteiger charge is -2.20. The normalized spacial score (nSPS) is 17.1. The Bertz CT molecular complexity index is 378. The van der Waals surface area contributed by atoms with E-state index in [1.165, 1.54) is 32.1 Å². The monoisotopic (exact) mass is 247 g/mol. The van der Waals surface area contributed by atoms with Crippen LogP contribution >= 0.6 is 0 Å². The van der Waals surface area contributed by atoms with Gasteiger partial charge < -0.3 is 4.98 Å². The maximum absolute atomic E-state index is 11.6. The Balaban J connectivity index is 1.62. The fraction of sp³-hybridized carbons (Fsp3) is 0.571. The summed E-state index contributed by atoms with van der Waals surface area (Å²) in [6.45, 7) is 0. The van der Waals surface area contributed by atoms with Crippen LogP contribution in [0.1, 0.15) is 50.6 Å². The third kappa shape index (κ3) is 4.35. The zero-order chi connectivity index (χ0) is 12.6. The SMILES string of the molecule is O=C(CCC1CCCCC1)NN=Cc1ccc[nH]1. The molecule has 0 aliphatic heterocycles. The van der Waals surface area contributed by atoms with Crippen molar-refractivity contribution < 1.29 is 4.79 Å². The molecule has 0 bridgehead atoms. The van der Waals surface area contributed by atoms with Crippen LogP contribution in [0.25, 0.3) is 0 Å². The molecule has 0 spiro atoms. The van der Waals surface area contributed by atoms with E-state index in [2.05, 4.69) is 15.5 Å². The van der Waals surface area contributed by atoms with Gasteiger partial charge in [0.05, 0.1) is 11.9 Å². The third-order valence-electron chi connectivity index (χ3n) is 3.52. The number of hydrazone groups is 1. The predicted molar refractivity (Wildman–Crippen MR) is 72.3 cm³/mol. The summed E-state index contributed by atoms with van der Waals surface area (Å²) in [5.41, 5.74) is 3.46. The fourth-order valence-corrected chi connectivity index (χ4v) is 2.47. The molecule has 1 amide bonds. The zero-order valence-electron chi connectivity index (χ0n) is 10.7. The maximum atomic E-state index is 11.6. The van der Waals surface area contributed by atoms with Gasteiger partial charge in [-0.05, 0) is 24.5 Å². The summed E-state index contributed by atoms with van der Waals surface area (Å²) < 4.78 is 0. The van der Waals surface area contributed by atoms with Crippen molar-refractivity contribution in [1.29, 1.82) is 0 Å². The van der Waals surface area contributed by atoms with Crippen molar-refractivity contribution in [1.82, 2.24) is 10.4 Å². The molecule has 4 nitrogen and oxygen atoms in total. The summed E-state index contributed by atoms with van der Waals surface area (Å²) in [6, 6.07) is 3.80. The Hall–Kier alpha value is -1.58. The largest absolute Gasteiger partial charge is 0.360 e. The predicted octanol–water partition coefficient (Wildman–Crippen LogP) is 2.83. The number of nitrogens with one attached hydrogen (secondary N) is 2. The molecule has 0 saturated heterocycles. The van der Waals surface area contributed by atoms with Crippen molar-refractivity contribution in [2.45, 2.75) is 44.9 Å². The number of carbonyl (C=O) groups is 1. The molecule has 1 fully saturated rings. The van der Waals surface area contributed by atoms with Crippen LogP contribution in [0.4, 0.5) is 0 Å². The van der Waals surface area contributed by atoms with E-state index in [-0.39, 0.29) is 5.91 Å². The first-order valence-electron chi connectivity index (χ1n) is 6.80. The summed E-state index contributed by atoms with van der Waals surface area (Å²) in [4.78, 5) is 14.6. The minimum atomic E-state index is 0.0170. The average Bonchev–Trinajstić information content (AvgIpc) is 2.91. The van der Waals surface area contributed by atoms with Crippen molar-refractivity contribution in [3.8, 4) is 0 Å². The smallest absolute Gasteiger partial charge is 0.240 e. The second kappa shape index (κ2) is 6.99. The molecule has 0 atom stereocenters. The molecule has 2 N–H and O–H groups in total. The standard InChI is InChI=1S/C14H21N3O/c18-14(9-8-12-5-2-1-3-6-12)17-16-11-13-7-4-10-15-13/h4,7,10-12,15H,1-3,5-6,8-9H2,(H,17,18). The first-order chi connectivity index (χ1) is 8.84. The molecule has 1 heterocycles. The second-order valence-corrected chi connectivity index (χ2v) is 4.96. The number of H-pyrrole nitrogens is 1. The van der Waals surface area contributed by atoms with Crippen LogP contribution < -0.4 is 5.43 Å². The Morgan fingerprint density at radius 1 is 1.44 bits per heavy atom. The lowest BCUT2D eigenvalue weighted by atomic mass is 9.86. The van der Waals surface area contributed by atoms with Crippen LogP contribution in [0.5, 0.6) is 0 Å². The van der Waals surface area contributed by atoms with Crippen LogP contribution in [0, 0.1) is 5.92 Å². The van der Waals surface area contributed by atoms with Gasteiger partial charge in [0.2, 0.25) is 5.91 Å². The van der Waals surface area contributed by atoms with Gasteiger partial charge in [-0.1, -0.05) is 32.1 Å². The molecule has 0 unspecified atom stereocenters. The van der Waals surface area contributed by atoms with E-state index in [1.54, 1.807) is 6.21 Å². The molecule has 1 aromatic heterocycles. The van der Waals surface area contributed by atoms with Crippen LogP contribution in [-0.2, 0) is 4.79 Å². The third-order valence-corrected chi connectivity index (χ3v) is 3.52. The highest BCUT2D eigenvalue weighted by atomic mass is 16.2. The van der Waals surface area contributed by atoms with E-state index in [1.807, 2.05) is 18.3 Å². The van der Waals surface area contributed by atoms with Gasteiger partial charge >= 0.3 is 0 Å². The van der Waals surface area contributed by atoms with Gasteiger partial charge in [0.1, 0.15) is 0 Å². The molecule has 0 aromatic carbocycles. The Morgan fingerprint density at radius 3 is 3.00 bits per heavy atom. The highest BCUT2D eigenvalue weighted by Crippen LogP contribution is 2.27. The minimum absolute atomic E-state index is 0.0170. The number of nitrogens with zero attached hydrogens (tertiary/aromatic N) is 1. The Kier molecular flexibility index (Phi) is 5.00. The molecule has 0 radical (unpaired) electrons. The van der Waals surface area contributed by atoms with Crippen molar-refractivity contribution in [2.75, 3.05) is 0 Å². The summed E-state index contributed by atoms with van der Waals surface area (Å²) >= 11 is 0. The van der Waals surface area contributed by atoms with Gasteiger partial charge in [-0.25, -0.2) is 5.43 Å². The number of carbonyl (C=O) groups excluding carboxylic acids is 1. The number of amides is 1. The van der Waals surface area contributed by atoms with Gasteiger partial charge in [-0.3, -0.25) is 4.79 Å². The van der Waals surface area contributed by atoms with Crippen LogP contribution in [-0.4, -0.2) is 17.1 Å². The lowest BCUT2D eigenvalue weighted by Crippen LogP contribution is -2.19. The lowest BCUT2D eigenvalue weighted by molar-refractivity contribution is -0.121. The topological polar surface area (TPSA) is 57.2 Å². The van der Waals surface area contributed by atoms with Crippen molar-refractivity contribution in [3.05, 3.63) is 24.0 Å². The number of aromatic amines is 1. The molecule has 1 aromatic rings. The van der Waals surface area contributed by atoms with Crippen molar-refractivity contribution in [2.24, 2.45) is 11.0 Å². The molecule has 2 rings (SSSR count). The first-order valence-corrected chi connectivity index (χ1v) is 6.80. The second-order valence-electron chi connectivity index (χ2n) is 4.96. The number of rotatable bonds is 5. The summed E-state index contributed by atoms with van der Waals surface area (Å²) in [5, 5.41) is 3.92. The van der Waals surface area contributed by atoms with Gasteiger partial charge in [-0.15, -0.1) is 0 Å². The van der Waals surface area contributed by atoms with E-state index >= 15 is 0 Å². The summed E-state index contributed by atoms with van der Waals surface area (Å²) in [6.07, 6.45) is 11.6. The first kappa shape index (κ1) is 12.9. The van der Waals surface area contributed by atoms with Gasteiger partial charge in [0, 0.05) is 12.6 Å². The summed E-state index contributed by atoms with van der Waals surface area (Å²) in [5.74, 6) is 0.764. The van der Waals surface area contributed by atoms with E-state index in [0.29, 0.717) is 6.42 Å². The highest BCUT2D eigenvalue weighted by molar-refractivity contribution is 5.80. The number of hydrogen-bond acceptors (Lipinski definition) is 2. The van der Waals surface area contributed by atoms with E-state index in [0.717, 1.165) is 18.0 Å². The highest BCUT2D eigenvalue weighted by Gasteiger charge is 2.14. The van der Waals surface area contributed by atoms with Crippen molar-refractivity contribution >= 4 is 12.1 Å². The molecular formula is C14H21N3O. The van der Waals surface area contributed by atoms with Crippen LogP contribution in [0.15, 0.2) is 23.4 Å². The zero-order valence-corrected chi connectivity index (χ0v) is 10.7. The van der Waals surface area contributed by atoms with Crippen LogP contribution in [0.2, 0.25) is 0 Å². The molecule has 18 heavy (non-hydrogen) atoms. The molecule has 98 valence electrons. The van der Waals surface area contributed by atoms with E-state index < -0.39 is 0 Å². The van der Waals surface area contributed by atoms with Crippen LogP contribution in [0.3, 0.4) is 0 Å². The summed E-state index contributed by atoms with van der Waals surface area (Å²) in [7, 11) is 0. The van der Waals surface area contributed by atoms with Gasteiger partial charge in [0.15, 0.2) is 0 Å². The molecule has 4 heteroatoms. The number of hydrogen-bond donors (Lipinski definition) is 2. The quantitative estimate of drug-likeness (QED) is 0.610. The number of aromatic nitrogens is 1. The van der Waals surface area contributed by atoms with Gasteiger partial charge in [-0.2, -0.15) is 5.10 Å². The molecule has 1 aliphatic rings. The maximum Gasteiger partial charge on any atom is 0.240 e.